The van der Waals surface area contributed by atoms with Gasteiger partial charge in [-0.3, -0.25) is 0 Å². The van der Waals surface area contributed by atoms with Crippen molar-refractivity contribution in [3.63, 3.8) is 0 Å². The Hall–Kier alpha value is -3.32. The molecule has 6 N–H and O–H groups in total. The number of nitrogens with one attached hydrogen (secondary N) is 1. The Morgan fingerprint density at radius 1 is 0.933 bits per heavy atom. The molecule has 0 radical (unpaired) electrons. The number of benzene rings is 2. The number of aliphatic hydroxyl groups excluding tert-OH is 1. The van der Waals surface area contributed by atoms with Gasteiger partial charge in [-0.15, -0.1) is 0 Å². The summed E-state index contributed by atoms with van der Waals surface area (Å²) < 4.78 is 5.97. The van der Waals surface area contributed by atoms with Crippen LogP contribution in [-0.4, -0.2) is 36.6 Å². The number of aromatic amines is 1. The van der Waals surface area contributed by atoms with Crippen molar-refractivity contribution in [1.29, 1.82) is 0 Å². The van der Waals surface area contributed by atoms with Crippen LogP contribution in [0, 0.1) is 0 Å². The zero-order valence-electron chi connectivity index (χ0n) is 16.8. The number of fused-ring (bicyclic) bond motifs is 1. The topological polar surface area (TPSA) is 126 Å². The van der Waals surface area contributed by atoms with Gasteiger partial charge in [0.05, 0.1) is 5.92 Å². The molecule has 0 aliphatic carbocycles. The molecular weight excluding hydrogens is 386 g/mol. The number of aromatic nitrogens is 1. The molecule has 0 unspecified atom stereocenters. The molecule has 7 nitrogen and oxygen atoms in total. The number of rotatable bonds is 4. The highest BCUT2D eigenvalue weighted by molar-refractivity contribution is 5.57. The Balaban J connectivity index is 1.91. The van der Waals surface area contributed by atoms with Crippen molar-refractivity contribution in [2.75, 3.05) is 0 Å². The van der Waals surface area contributed by atoms with Crippen molar-refractivity contribution in [3.05, 3.63) is 64.5 Å². The lowest BCUT2D eigenvalue weighted by Crippen LogP contribution is -2.35. The maximum absolute atomic E-state index is 11.4. The molecule has 4 rings (SSSR count). The van der Waals surface area contributed by atoms with E-state index in [0.717, 1.165) is 29.7 Å². The molecule has 0 amide bonds. The molecule has 3 atom stereocenters. The van der Waals surface area contributed by atoms with E-state index in [0.29, 0.717) is 11.1 Å². The lowest BCUT2D eigenvalue weighted by atomic mass is 9.80. The standard InChI is InChI=1S/C23H25NO6/c1-3-11-10-24-21(14(11)4-2)20-19-17(28)8-13(25)9-18(19)30-23(22(20)29)12-5-6-15(26)16(27)7-12/h5-10,20,22-29H,3-4H2,1-2H3/t20-,22-,23-/m1/s1. The summed E-state index contributed by atoms with van der Waals surface area (Å²) >= 11 is 0. The highest BCUT2D eigenvalue weighted by atomic mass is 16.5. The molecule has 3 aromatic rings. The van der Waals surface area contributed by atoms with Gasteiger partial charge in [0.15, 0.2) is 17.6 Å². The molecule has 1 aromatic heterocycles. The van der Waals surface area contributed by atoms with Gasteiger partial charge in [-0.1, -0.05) is 19.9 Å². The van der Waals surface area contributed by atoms with E-state index in [2.05, 4.69) is 11.9 Å². The lowest BCUT2D eigenvalue weighted by Gasteiger charge is -2.37. The minimum absolute atomic E-state index is 0.162. The Bertz CT molecular complexity index is 1090. The molecule has 0 bridgehead atoms. The maximum atomic E-state index is 11.4. The number of aliphatic hydroxyl groups is 1. The summed E-state index contributed by atoms with van der Waals surface area (Å²) in [6.07, 6.45) is 1.47. The van der Waals surface area contributed by atoms with Crippen molar-refractivity contribution in [1.82, 2.24) is 4.98 Å². The van der Waals surface area contributed by atoms with E-state index in [-0.39, 0.29) is 28.7 Å². The van der Waals surface area contributed by atoms with E-state index in [1.807, 2.05) is 13.1 Å². The highest BCUT2D eigenvalue weighted by Gasteiger charge is 2.42. The largest absolute Gasteiger partial charge is 0.508 e. The van der Waals surface area contributed by atoms with E-state index in [4.69, 9.17) is 4.74 Å². The third-order valence-electron chi connectivity index (χ3n) is 5.81. The predicted octanol–water partition coefficient (Wildman–Crippen LogP) is 3.59. The molecule has 0 saturated heterocycles. The Morgan fingerprint density at radius 3 is 2.37 bits per heavy atom. The van der Waals surface area contributed by atoms with E-state index in [9.17, 15) is 25.5 Å². The van der Waals surface area contributed by atoms with Gasteiger partial charge >= 0.3 is 0 Å². The average Bonchev–Trinajstić information content (AvgIpc) is 3.12. The Kier molecular flexibility index (Phi) is 4.99. The Labute approximate surface area is 173 Å². The first kappa shape index (κ1) is 20.0. The number of hydrogen-bond donors (Lipinski definition) is 6. The zero-order valence-corrected chi connectivity index (χ0v) is 16.8. The first-order chi connectivity index (χ1) is 14.3. The van der Waals surface area contributed by atoms with Crippen LogP contribution in [0.5, 0.6) is 28.7 Å². The number of aromatic hydroxyl groups is 4. The summed E-state index contributed by atoms with van der Waals surface area (Å²) in [4.78, 5) is 3.27. The first-order valence-electron chi connectivity index (χ1n) is 9.97. The molecule has 0 spiro atoms. The summed E-state index contributed by atoms with van der Waals surface area (Å²) in [6, 6.07) is 6.84. The number of aryl methyl sites for hydroxylation is 1. The van der Waals surface area contributed by atoms with E-state index >= 15 is 0 Å². The van der Waals surface area contributed by atoms with Gasteiger partial charge in [-0.25, -0.2) is 0 Å². The summed E-state index contributed by atoms with van der Waals surface area (Å²) in [5.41, 5.74) is 3.81. The third-order valence-corrected chi connectivity index (χ3v) is 5.81. The van der Waals surface area contributed by atoms with Crippen molar-refractivity contribution in [2.45, 2.75) is 44.8 Å². The maximum Gasteiger partial charge on any atom is 0.157 e. The van der Waals surface area contributed by atoms with E-state index in [1.165, 1.54) is 24.3 Å². The van der Waals surface area contributed by atoms with Crippen LogP contribution in [0.4, 0.5) is 0 Å². The number of hydrogen-bond acceptors (Lipinski definition) is 6. The molecule has 0 fully saturated rings. The molecule has 1 aliphatic rings. The van der Waals surface area contributed by atoms with Gasteiger partial charge in [0.2, 0.25) is 0 Å². The van der Waals surface area contributed by atoms with Crippen LogP contribution in [0.15, 0.2) is 36.5 Å². The number of ether oxygens (including phenoxy) is 1. The summed E-state index contributed by atoms with van der Waals surface area (Å²) in [5.74, 6) is -1.34. The van der Waals surface area contributed by atoms with Crippen LogP contribution in [0.1, 0.15) is 53.8 Å². The molecule has 1 aliphatic heterocycles. The van der Waals surface area contributed by atoms with Crippen molar-refractivity contribution < 1.29 is 30.3 Å². The zero-order chi connectivity index (χ0) is 21.6. The summed E-state index contributed by atoms with van der Waals surface area (Å²) in [7, 11) is 0. The van der Waals surface area contributed by atoms with Crippen LogP contribution in [0.25, 0.3) is 0 Å². The van der Waals surface area contributed by atoms with Gasteiger partial charge in [-0.05, 0) is 41.7 Å². The number of H-pyrrole nitrogens is 1. The van der Waals surface area contributed by atoms with Crippen LogP contribution in [0.2, 0.25) is 0 Å². The molecule has 7 heteroatoms. The van der Waals surface area contributed by atoms with Gasteiger partial charge in [0.25, 0.3) is 0 Å². The average molecular weight is 411 g/mol. The molecule has 2 heterocycles. The first-order valence-corrected chi connectivity index (χ1v) is 9.97. The van der Waals surface area contributed by atoms with Gasteiger partial charge in [-0.2, -0.15) is 0 Å². The monoisotopic (exact) mass is 411 g/mol. The normalized spacial score (nSPS) is 20.6. The molecule has 158 valence electrons. The number of phenols is 4. The lowest BCUT2D eigenvalue weighted by molar-refractivity contribution is 0.00642. The van der Waals surface area contributed by atoms with E-state index in [1.54, 1.807) is 6.07 Å². The summed E-state index contributed by atoms with van der Waals surface area (Å²) in [5, 5.41) is 51.5. The second-order valence-corrected chi connectivity index (χ2v) is 7.54. The van der Waals surface area contributed by atoms with Crippen molar-refractivity contribution >= 4 is 0 Å². The van der Waals surface area contributed by atoms with Gasteiger partial charge in [0.1, 0.15) is 23.4 Å². The number of phenolic OH excluding ortho intramolecular Hbond substituents is 4. The van der Waals surface area contributed by atoms with Crippen LogP contribution < -0.4 is 4.74 Å². The third kappa shape index (κ3) is 3.11. The van der Waals surface area contributed by atoms with Gasteiger partial charge < -0.3 is 35.3 Å². The van der Waals surface area contributed by atoms with Crippen molar-refractivity contribution in [3.8, 4) is 28.7 Å². The highest BCUT2D eigenvalue weighted by Crippen LogP contribution is 2.51. The minimum atomic E-state index is -1.11. The fourth-order valence-corrected chi connectivity index (χ4v) is 4.38. The predicted molar refractivity (Wildman–Crippen MR) is 110 cm³/mol. The SMILES string of the molecule is CCc1c[nH]c([C@H]2c3c(O)cc(O)cc3O[C@H](c3ccc(O)c(O)c3)[C@@H]2O)c1CC. The second kappa shape index (κ2) is 7.50. The van der Waals surface area contributed by atoms with Crippen molar-refractivity contribution in [2.24, 2.45) is 0 Å². The molecule has 0 saturated carbocycles. The van der Waals surface area contributed by atoms with Gasteiger partial charge in [0, 0.05) is 29.6 Å². The molecule has 2 aromatic carbocycles. The quantitative estimate of drug-likeness (QED) is 0.364. The fourth-order valence-electron chi connectivity index (χ4n) is 4.38. The molecular formula is C23H25NO6. The van der Waals surface area contributed by atoms with Crippen LogP contribution in [0.3, 0.4) is 0 Å². The smallest absolute Gasteiger partial charge is 0.157 e. The second-order valence-electron chi connectivity index (χ2n) is 7.54. The minimum Gasteiger partial charge on any atom is -0.508 e. The Morgan fingerprint density at radius 2 is 1.70 bits per heavy atom. The fraction of sp³-hybridized carbons (Fsp3) is 0.304. The van der Waals surface area contributed by atoms with Crippen LogP contribution in [-0.2, 0) is 12.8 Å². The van der Waals surface area contributed by atoms with Crippen LogP contribution >= 0.6 is 0 Å². The summed E-state index contributed by atoms with van der Waals surface area (Å²) in [6.45, 7) is 4.09. The molecule has 30 heavy (non-hydrogen) atoms. The van der Waals surface area contributed by atoms with E-state index < -0.39 is 18.1 Å².